The van der Waals surface area contributed by atoms with Crippen molar-refractivity contribution in [3.63, 3.8) is 0 Å². The molecule has 0 spiro atoms. The van der Waals surface area contributed by atoms with Crippen LogP contribution in [0.4, 0.5) is 4.53 Å². The molecule has 1 aromatic rings. The molecule has 0 N–H and O–H groups in total. The Labute approximate surface area is 88.3 Å². The maximum absolute atomic E-state index is 11.5. The molecule has 1 aromatic carbocycles. The second kappa shape index (κ2) is 5.96. The largest absolute Gasteiger partial charge is 0.374 e. The number of hydrogen-bond acceptors (Lipinski definition) is 2. The molecule has 0 saturated carbocycles. The highest BCUT2D eigenvalue weighted by Gasteiger charge is 2.08. The van der Waals surface area contributed by atoms with Crippen molar-refractivity contribution in [3.05, 3.63) is 48.0 Å². The fourth-order valence-electron chi connectivity index (χ4n) is 1.31. The van der Waals surface area contributed by atoms with Gasteiger partial charge in [0.25, 0.3) is 0 Å². The van der Waals surface area contributed by atoms with Crippen molar-refractivity contribution >= 4 is 5.97 Å². The van der Waals surface area contributed by atoms with Gasteiger partial charge in [0.1, 0.15) is 0 Å². The number of halogens is 1. The van der Waals surface area contributed by atoms with Crippen LogP contribution in [0.1, 0.15) is 18.4 Å². The van der Waals surface area contributed by atoms with Gasteiger partial charge in [0, 0.05) is 10.1 Å². The maximum atomic E-state index is 11.5. The number of benzene rings is 1. The number of hydrogen-bond donors (Lipinski definition) is 0. The third-order valence-corrected chi connectivity index (χ3v) is 2.15. The molecule has 0 bridgehead atoms. The molecule has 0 aliphatic heterocycles. The summed E-state index contributed by atoms with van der Waals surface area (Å²) in [5.41, 5.74) is 1.37. The van der Waals surface area contributed by atoms with Gasteiger partial charge in [-0.05, 0) is 24.8 Å². The van der Waals surface area contributed by atoms with Crippen LogP contribution in [0.3, 0.4) is 0 Å². The lowest BCUT2D eigenvalue weighted by molar-refractivity contribution is -0.178. The van der Waals surface area contributed by atoms with Crippen LogP contribution in [0.25, 0.3) is 0 Å². The number of carbonyl (C=O) groups is 1. The summed E-state index contributed by atoms with van der Waals surface area (Å²) in [5.74, 6) is -0.969. The van der Waals surface area contributed by atoms with Gasteiger partial charge in [0.15, 0.2) is 0 Å². The van der Waals surface area contributed by atoms with Crippen LogP contribution >= 0.6 is 0 Å². The van der Waals surface area contributed by atoms with E-state index >= 15 is 0 Å². The Morgan fingerprint density at radius 3 is 2.60 bits per heavy atom. The highest BCUT2D eigenvalue weighted by atomic mass is 19.3. The van der Waals surface area contributed by atoms with Crippen LogP contribution in [-0.4, -0.2) is 5.97 Å². The fraction of sp³-hybridized carbons (Fsp3) is 0.250. The number of aryl methyl sites for hydroxylation is 1. The van der Waals surface area contributed by atoms with Gasteiger partial charge in [-0.25, -0.2) is 9.74 Å². The normalized spacial score (nSPS) is 9.67. The van der Waals surface area contributed by atoms with Gasteiger partial charge in [-0.2, -0.15) is 0 Å². The van der Waals surface area contributed by atoms with E-state index in [9.17, 15) is 9.32 Å². The molecule has 15 heavy (non-hydrogen) atoms. The van der Waals surface area contributed by atoms with Crippen molar-refractivity contribution < 1.29 is 14.3 Å². The molecule has 3 heteroatoms. The minimum absolute atomic E-state index is 0.174. The highest BCUT2D eigenvalue weighted by Crippen LogP contribution is 2.10. The molecule has 2 nitrogen and oxygen atoms in total. The molecule has 0 amide bonds. The summed E-state index contributed by atoms with van der Waals surface area (Å²) in [7, 11) is 0. The summed E-state index contributed by atoms with van der Waals surface area (Å²) >= 11 is 0. The molecule has 80 valence electrons. The van der Waals surface area contributed by atoms with Crippen molar-refractivity contribution in [3.8, 4) is 0 Å². The average molecular weight is 208 g/mol. The Morgan fingerprint density at radius 2 is 2.00 bits per heavy atom. The second-order valence-electron chi connectivity index (χ2n) is 3.31. The van der Waals surface area contributed by atoms with Gasteiger partial charge < -0.3 is 0 Å². The van der Waals surface area contributed by atoms with E-state index < -0.39 is 5.97 Å². The van der Waals surface area contributed by atoms with Crippen molar-refractivity contribution in [2.24, 2.45) is 0 Å². The molecule has 0 saturated heterocycles. The smallest absolute Gasteiger partial charge is 0.250 e. The number of carbonyl (C=O) groups excluding carboxylic acids is 1. The molecule has 0 unspecified atom stereocenters. The van der Waals surface area contributed by atoms with Gasteiger partial charge in [0.2, 0.25) is 0 Å². The SMILES string of the molecule is C=C(CCCc1ccccc1)C(=O)OF. The van der Waals surface area contributed by atoms with E-state index in [1.165, 1.54) is 5.56 Å². The third-order valence-electron chi connectivity index (χ3n) is 2.15. The molecule has 0 atom stereocenters. The zero-order chi connectivity index (χ0) is 11.1. The fourth-order valence-corrected chi connectivity index (χ4v) is 1.31. The Kier molecular flexibility index (Phi) is 4.54. The van der Waals surface area contributed by atoms with Gasteiger partial charge in [-0.1, -0.05) is 36.9 Å². The first kappa shape index (κ1) is 11.4. The van der Waals surface area contributed by atoms with Gasteiger partial charge in [-0.3, -0.25) is 0 Å². The predicted molar refractivity (Wildman–Crippen MR) is 55.7 cm³/mol. The lowest BCUT2D eigenvalue weighted by atomic mass is 10.1. The van der Waals surface area contributed by atoms with Crippen molar-refractivity contribution in [2.75, 3.05) is 0 Å². The Bertz CT molecular complexity index is 333. The third kappa shape index (κ3) is 3.94. The summed E-state index contributed by atoms with van der Waals surface area (Å²) in [5, 5.41) is 0. The Morgan fingerprint density at radius 1 is 1.33 bits per heavy atom. The van der Waals surface area contributed by atoms with Crippen LogP contribution in [-0.2, 0) is 16.2 Å². The molecule has 0 fully saturated rings. The molecule has 0 radical (unpaired) electrons. The summed E-state index contributed by atoms with van der Waals surface area (Å²) in [6.45, 7) is 3.44. The zero-order valence-corrected chi connectivity index (χ0v) is 8.41. The second-order valence-corrected chi connectivity index (χ2v) is 3.31. The molecule has 0 aliphatic rings. The lowest BCUT2D eigenvalue weighted by Crippen LogP contribution is -2.01. The Hall–Kier alpha value is -1.64. The van der Waals surface area contributed by atoms with Crippen LogP contribution in [0, 0.1) is 0 Å². The molecular formula is C12H13FO2. The van der Waals surface area contributed by atoms with E-state index in [0.29, 0.717) is 6.42 Å². The summed E-state index contributed by atoms with van der Waals surface area (Å²) < 4.78 is 11.5. The van der Waals surface area contributed by atoms with Crippen LogP contribution in [0.15, 0.2) is 42.5 Å². The molecular weight excluding hydrogens is 195 g/mol. The Balaban J connectivity index is 2.28. The molecule has 0 heterocycles. The summed E-state index contributed by atoms with van der Waals surface area (Å²) in [6.07, 6.45) is 2.06. The minimum Gasteiger partial charge on any atom is -0.250 e. The number of rotatable bonds is 5. The minimum atomic E-state index is -0.969. The van der Waals surface area contributed by atoms with Crippen molar-refractivity contribution in [1.82, 2.24) is 0 Å². The van der Waals surface area contributed by atoms with E-state index in [4.69, 9.17) is 0 Å². The van der Waals surface area contributed by atoms with E-state index in [1.807, 2.05) is 30.3 Å². The highest BCUT2D eigenvalue weighted by molar-refractivity contribution is 5.87. The zero-order valence-electron chi connectivity index (χ0n) is 8.41. The van der Waals surface area contributed by atoms with Gasteiger partial charge in [0.05, 0.1) is 0 Å². The summed E-state index contributed by atoms with van der Waals surface area (Å²) in [6, 6.07) is 9.88. The lowest BCUT2D eigenvalue weighted by Gasteiger charge is -2.01. The van der Waals surface area contributed by atoms with Crippen LogP contribution in [0.5, 0.6) is 0 Å². The van der Waals surface area contributed by atoms with Crippen molar-refractivity contribution in [2.45, 2.75) is 19.3 Å². The van der Waals surface area contributed by atoms with Crippen molar-refractivity contribution in [1.29, 1.82) is 0 Å². The first-order chi connectivity index (χ1) is 7.24. The average Bonchev–Trinajstić information content (AvgIpc) is 2.29. The monoisotopic (exact) mass is 208 g/mol. The first-order valence-electron chi connectivity index (χ1n) is 4.78. The van der Waals surface area contributed by atoms with E-state index in [2.05, 4.69) is 11.5 Å². The van der Waals surface area contributed by atoms with E-state index in [-0.39, 0.29) is 5.57 Å². The van der Waals surface area contributed by atoms with E-state index in [0.717, 1.165) is 12.8 Å². The van der Waals surface area contributed by atoms with Gasteiger partial charge in [-0.15, -0.1) is 0 Å². The first-order valence-corrected chi connectivity index (χ1v) is 4.78. The van der Waals surface area contributed by atoms with Crippen LogP contribution < -0.4 is 0 Å². The molecule has 0 aromatic heterocycles. The van der Waals surface area contributed by atoms with Crippen LogP contribution in [0.2, 0.25) is 0 Å². The predicted octanol–water partition coefficient (Wildman–Crippen LogP) is 2.99. The maximum Gasteiger partial charge on any atom is 0.374 e. The summed E-state index contributed by atoms with van der Waals surface area (Å²) in [4.78, 5) is 13.7. The van der Waals surface area contributed by atoms with Gasteiger partial charge >= 0.3 is 5.97 Å². The molecule has 1 rings (SSSR count). The molecule has 0 aliphatic carbocycles. The van der Waals surface area contributed by atoms with E-state index in [1.54, 1.807) is 0 Å². The topological polar surface area (TPSA) is 26.3 Å². The standard InChI is InChI=1S/C12H13FO2/c1-10(12(14)15-13)6-5-9-11-7-3-2-4-8-11/h2-4,7-8H,1,5-6,9H2. The quantitative estimate of drug-likeness (QED) is 0.695.